The van der Waals surface area contributed by atoms with Gasteiger partial charge in [-0.3, -0.25) is 9.59 Å². The summed E-state index contributed by atoms with van der Waals surface area (Å²) >= 11 is 0. The highest BCUT2D eigenvalue weighted by Crippen LogP contribution is 2.29. The third kappa shape index (κ3) is 5.97. The minimum atomic E-state index is -3.08. The molecule has 2 amide bonds. The number of hydrogen-bond acceptors (Lipinski definition) is 6. The van der Waals surface area contributed by atoms with Crippen LogP contribution in [0.4, 0.5) is 0 Å². The third-order valence-electron chi connectivity index (χ3n) is 5.04. The molecular formula is C22H26N2O6S. The zero-order chi connectivity index (χ0) is 22.4. The lowest BCUT2D eigenvalue weighted by molar-refractivity contribution is -0.132. The predicted molar refractivity (Wildman–Crippen MR) is 116 cm³/mol. The van der Waals surface area contributed by atoms with Crippen molar-refractivity contribution in [2.75, 3.05) is 31.7 Å². The van der Waals surface area contributed by atoms with Crippen LogP contribution in [0.1, 0.15) is 22.8 Å². The molecule has 0 saturated carbocycles. The van der Waals surface area contributed by atoms with Crippen LogP contribution >= 0.6 is 0 Å². The average Bonchev–Trinajstić information content (AvgIpc) is 2.77. The van der Waals surface area contributed by atoms with E-state index >= 15 is 0 Å². The first kappa shape index (κ1) is 22.6. The molecule has 0 aliphatic carbocycles. The smallest absolute Gasteiger partial charge is 0.252 e. The van der Waals surface area contributed by atoms with Crippen LogP contribution in [-0.4, -0.2) is 62.9 Å². The second-order valence-corrected chi connectivity index (χ2v) is 9.62. The largest absolute Gasteiger partial charge is 0.493 e. The van der Waals surface area contributed by atoms with E-state index < -0.39 is 21.8 Å². The molecule has 0 radical (unpaired) electrons. The van der Waals surface area contributed by atoms with Crippen LogP contribution in [0.2, 0.25) is 0 Å². The predicted octanol–water partition coefficient (Wildman–Crippen LogP) is 1.65. The van der Waals surface area contributed by atoms with E-state index in [-0.39, 0.29) is 30.5 Å². The molecule has 1 atom stereocenters. The number of methoxy groups -OCH3 is 1. The maximum atomic E-state index is 12.6. The van der Waals surface area contributed by atoms with Crippen LogP contribution in [0, 0.1) is 0 Å². The van der Waals surface area contributed by atoms with Gasteiger partial charge in [-0.05, 0) is 30.7 Å². The average molecular weight is 447 g/mol. The summed E-state index contributed by atoms with van der Waals surface area (Å²) in [5.41, 5.74) is 1.33. The molecule has 9 heteroatoms. The van der Waals surface area contributed by atoms with Gasteiger partial charge in [0.2, 0.25) is 5.91 Å². The summed E-state index contributed by atoms with van der Waals surface area (Å²) in [6.45, 7) is 2.23. The van der Waals surface area contributed by atoms with Gasteiger partial charge in [0.25, 0.3) is 5.91 Å². The van der Waals surface area contributed by atoms with Crippen molar-refractivity contribution in [3.8, 4) is 11.5 Å². The van der Waals surface area contributed by atoms with Crippen molar-refractivity contribution in [1.29, 1.82) is 0 Å². The Kier molecular flexibility index (Phi) is 7.17. The van der Waals surface area contributed by atoms with Crippen molar-refractivity contribution in [2.45, 2.75) is 19.6 Å². The molecule has 1 fully saturated rings. The first-order valence-corrected chi connectivity index (χ1v) is 11.8. The Labute approximate surface area is 182 Å². The van der Waals surface area contributed by atoms with E-state index in [9.17, 15) is 18.0 Å². The molecule has 3 rings (SSSR count). The second kappa shape index (κ2) is 9.82. The van der Waals surface area contributed by atoms with Crippen LogP contribution in [0.15, 0.2) is 48.5 Å². The van der Waals surface area contributed by atoms with Gasteiger partial charge in [0.15, 0.2) is 21.3 Å². The summed E-state index contributed by atoms with van der Waals surface area (Å²) in [6.07, 6.45) is 0. The molecule has 0 spiro atoms. The first-order valence-electron chi connectivity index (χ1n) is 9.94. The number of carbonyl (C=O) groups is 2. The fourth-order valence-corrected chi connectivity index (χ4v) is 4.41. The van der Waals surface area contributed by atoms with Crippen molar-refractivity contribution in [3.05, 3.63) is 59.7 Å². The summed E-state index contributed by atoms with van der Waals surface area (Å²) < 4.78 is 34.2. The van der Waals surface area contributed by atoms with Gasteiger partial charge < -0.3 is 19.7 Å². The van der Waals surface area contributed by atoms with Crippen molar-refractivity contribution < 1.29 is 27.5 Å². The van der Waals surface area contributed by atoms with E-state index in [1.54, 1.807) is 25.1 Å². The van der Waals surface area contributed by atoms with Crippen LogP contribution in [-0.2, 0) is 21.2 Å². The zero-order valence-corrected chi connectivity index (χ0v) is 18.4. The van der Waals surface area contributed by atoms with Gasteiger partial charge >= 0.3 is 0 Å². The molecule has 0 bridgehead atoms. The summed E-state index contributed by atoms with van der Waals surface area (Å²) in [5, 5.41) is 2.67. The number of amides is 2. The molecule has 31 heavy (non-hydrogen) atoms. The van der Waals surface area contributed by atoms with Crippen molar-refractivity contribution in [1.82, 2.24) is 10.2 Å². The fourth-order valence-electron chi connectivity index (χ4n) is 3.21. The number of ether oxygens (including phenoxy) is 2. The van der Waals surface area contributed by atoms with Gasteiger partial charge in [0.05, 0.1) is 18.6 Å². The van der Waals surface area contributed by atoms with E-state index in [4.69, 9.17) is 9.47 Å². The minimum Gasteiger partial charge on any atom is -0.493 e. The summed E-state index contributed by atoms with van der Waals surface area (Å²) in [7, 11) is -1.59. The van der Waals surface area contributed by atoms with Crippen LogP contribution in [0.3, 0.4) is 0 Å². The minimum absolute atomic E-state index is 0.0545. The Balaban J connectivity index is 1.61. The SMILES string of the molecule is COc1cc(C(=O)NC(C)C(=O)N2CCS(=O)(=O)CC2)ccc1OCc1ccccc1. The quantitative estimate of drug-likeness (QED) is 0.694. The van der Waals surface area contributed by atoms with Crippen molar-refractivity contribution in [3.63, 3.8) is 0 Å². The Morgan fingerprint density at radius 2 is 1.74 bits per heavy atom. The van der Waals surface area contributed by atoms with Crippen LogP contribution in [0.5, 0.6) is 11.5 Å². The van der Waals surface area contributed by atoms with Gasteiger partial charge in [-0.15, -0.1) is 0 Å². The van der Waals surface area contributed by atoms with Gasteiger partial charge in [0, 0.05) is 18.7 Å². The zero-order valence-electron chi connectivity index (χ0n) is 17.5. The monoisotopic (exact) mass is 446 g/mol. The lowest BCUT2D eigenvalue weighted by Crippen LogP contribution is -2.51. The number of nitrogens with one attached hydrogen (secondary N) is 1. The molecule has 1 unspecified atom stereocenters. The maximum Gasteiger partial charge on any atom is 0.252 e. The van der Waals surface area contributed by atoms with E-state index in [0.717, 1.165) is 5.56 Å². The third-order valence-corrected chi connectivity index (χ3v) is 6.65. The molecule has 2 aromatic carbocycles. The fraction of sp³-hybridized carbons (Fsp3) is 0.364. The van der Waals surface area contributed by atoms with Gasteiger partial charge in [0.1, 0.15) is 12.6 Å². The van der Waals surface area contributed by atoms with E-state index in [2.05, 4.69) is 5.32 Å². The lowest BCUT2D eigenvalue weighted by Gasteiger charge is -2.29. The first-order chi connectivity index (χ1) is 14.8. The lowest BCUT2D eigenvalue weighted by atomic mass is 10.1. The number of sulfone groups is 1. The molecule has 1 saturated heterocycles. The Bertz CT molecular complexity index is 1030. The number of rotatable bonds is 7. The van der Waals surface area contributed by atoms with E-state index in [1.807, 2.05) is 30.3 Å². The normalized spacial score (nSPS) is 16.3. The second-order valence-electron chi connectivity index (χ2n) is 7.31. The molecule has 2 aromatic rings. The molecule has 166 valence electrons. The van der Waals surface area contributed by atoms with Gasteiger partial charge in [-0.2, -0.15) is 0 Å². The molecule has 1 heterocycles. The molecule has 8 nitrogen and oxygen atoms in total. The van der Waals surface area contributed by atoms with Crippen LogP contribution in [0.25, 0.3) is 0 Å². The highest BCUT2D eigenvalue weighted by Gasteiger charge is 2.28. The molecular weight excluding hydrogens is 420 g/mol. The maximum absolute atomic E-state index is 12.6. The Morgan fingerprint density at radius 1 is 1.06 bits per heavy atom. The van der Waals surface area contributed by atoms with Crippen molar-refractivity contribution >= 4 is 21.7 Å². The molecule has 1 aliphatic heterocycles. The molecule has 1 N–H and O–H groups in total. The number of nitrogens with zero attached hydrogens (tertiary/aromatic N) is 1. The molecule has 0 aromatic heterocycles. The summed E-state index contributed by atoms with van der Waals surface area (Å²) in [6, 6.07) is 13.7. The van der Waals surface area contributed by atoms with Crippen molar-refractivity contribution in [2.24, 2.45) is 0 Å². The summed E-state index contributed by atoms with van der Waals surface area (Å²) in [5.74, 6) is 0.0593. The number of benzene rings is 2. The highest BCUT2D eigenvalue weighted by molar-refractivity contribution is 7.91. The highest BCUT2D eigenvalue weighted by atomic mass is 32.2. The number of carbonyl (C=O) groups excluding carboxylic acids is 2. The van der Waals surface area contributed by atoms with Crippen LogP contribution < -0.4 is 14.8 Å². The summed E-state index contributed by atoms with van der Waals surface area (Å²) in [4.78, 5) is 26.6. The Morgan fingerprint density at radius 3 is 2.39 bits per heavy atom. The number of hydrogen-bond donors (Lipinski definition) is 1. The van der Waals surface area contributed by atoms with E-state index in [1.165, 1.54) is 12.0 Å². The Hall–Kier alpha value is -3.07. The van der Waals surface area contributed by atoms with Gasteiger partial charge in [-0.1, -0.05) is 30.3 Å². The van der Waals surface area contributed by atoms with Gasteiger partial charge in [-0.25, -0.2) is 8.42 Å². The topological polar surface area (TPSA) is 102 Å². The standard InChI is InChI=1S/C22H26N2O6S/c1-16(22(26)24-10-12-31(27,28)13-11-24)23-21(25)18-8-9-19(20(14-18)29-2)30-15-17-6-4-3-5-7-17/h3-9,14,16H,10-13,15H2,1-2H3,(H,23,25). The molecule has 1 aliphatic rings. The van der Waals surface area contributed by atoms with E-state index in [0.29, 0.717) is 23.7 Å².